The molecule has 0 unspecified atom stereocenters. The van der Waals surface area contributed by atoms with Gasteiger partial charge in [0.15, 0.2) is 12.0 Å². The largest absolute Gasteiger partial charge is 0.443 e. The van der Waals surface area contributed by atoms with Crippen molar-refractivity contribution in [3.8, 4) is 17.1 Å². The summed E-state index contributed by atoms with van der Waals surface area (Å²) in [7, 11) is 0. The lowest BCUT2D eigenvalue weighted by Gasteiger charge is -2.21. The Bertz CT molecular complexity index is 1030. The summed E-state index contributed by atoms with van der Waals surface area (Å²) in [6, 6.07) is 12.6. The molecule has 0 aliphatic heterocycles. The quantitative estimate of drug-likeness (QED) is 0.460. The van der Waals surface area contributed by atoms with E-state index in [2.05, 4.69) is 66.5 Å². The van der Waals surface area contributed by atoms with Crippen molar-refractivity contribution in [2.45, 2.75) is 39.5 Å². The van der Waals surface area contributed by atoms with Gasteiger partial charge in [0.1, 0.15) is 11.3 Å². The highest BCUT2D eigenvalue weighted by Crippen LogP contribution is 2.34. The van der Waals surface area contributed by atoms with Crippen molar-refractivity contribution in [1.82, 2.24) is 14.5 Å². The lowest BCUT2D eigenvalue weighted by Crippen LogP contribution is -2.07. The van der Waals surface area contributed by atoms with E-state index in [1.54, 1.807) is 0 Å². The zero-order valence-corrected chi connectivity index (χ0v) is 15.6. The van der Waals surface area contributed by atoms with Crippen molar-refractivity contribution in [2.75, 3.05) is 0 Å². The molecular formula is C22H23N3O. The Hall–Kier alpha value is -2.88. The van der Waals surface area contributed by atoms with Gasteiger partial charge in [-0.2, -0.15) is 0 Å². The molecule has 0 bridgehead atoms. The number of imidazole rings is 1. The zero-order chi connectivity index (χ0) is 18.3. The smallest absolute Gasteiger partial charge is 0.181 e. The van der Waals surface area contributed by atoms with E-state index in [1.165, 1.54) is 23.2 Å². The normalized spacial score (nSPS) is 11.8. The van der Waals surface area contributed by atoms with E-state index in [4.69, 9.17) is 4.42 Å². The van der Waals surface area contributed by atoms with Gasteiger partial charge in [-0.3, -0.25) is 4.57 Å². The average molecular weight is 345 g/mol. The van der Waals surface area contributed by atoms with Crippen LogP contribution in [0.15, 0.2) is 59.6 Å². The van der Waals surface area contributed by atoms with Crippen LogP contribution in [-0.2, 0) is 0 Å². The summed E-state index contributed by atoms with van der Waals surface area (Å²) in [5.74, 6) is 1.77. The molecule has 0 amide bonds. The molecule has 0 spiro atoms. The van der Waals surface area contributed by atoms with Gasteiger partial charge in [0.05, 0.1) is 5.69 Å². The average Bonchev–Trinajstić information content (AvgIpc) is 3.29. The highest BCUT2D eigenvalue weighted by atomic mass is 16.3. The minimum atomic E-state index is 0.427. The number of rotatable bonds is 4. The van der Waals surface area contributed by atoms with Crippen molar-refractivity contribution >= 4 is 11.1 Å². The molecule has 2 aromatic carbocycles. The lowest BCUT2D eigenvalue weighted by atomic mass is 9.92. The van der Waals surface area contributed by atoms with Crippen LogP contribution in [0.25, 0.3) is 28.2 Å². The minimum absolute atomic E-state index is 0.427. The van der Waals surface area contributed by atoms with Gasteiger partial charge in [-0.1, -0.05) is 45.9 Å². The predicted molar refractivity (Wildman–Crippen MR) is 105 cm³/mol. The van der Waals surface area contributed by atoms with Gasteiger partial charge in [0, 0.05) is 18.0 Å². The van der Waals surface area contributed by atoms with Crippen molar-refractivity contribution in [3.63, 3.8) is 0 Å². The lowest BCUT2D eigenvalue weighted by molar-refractivity contribution is 0.602. The van der Waals surface area contributed by atoms with Crippen LogP contribution in [0.2, 0.25) is 0 Å². The summed E-state index contributed by atoms with van der Waals surface area (Å²) in [5.41, 5.74) is 6.55. The molecule has 0 saturated carbocycles. The molecule has 0 N–H and O–H groups in total. The predicted octanol–water partition coefficient (Wildman–Crippen LogP) is 5.93. The molecule has 2 aromatic heterocycles. The Kier molecular flexibility index (Phi) is 4.11. The third-order valence-corrected chi connectivity index (χ3v) is 4.81. The SMILES string of the molecule is CC(C)c1cccc(C(C)C)c1-n1ccnc1-c1ccc2ncoc2c1. The second-order valence-electron chi connectivity index (χ2n) is 7.25. The first-order valence-electron chi connectivity index (χ1n) is 9.06. The van der Waals surface area contributed by atoms with Crippen LogP contribution in [0, 0.1) is 0 Å². The number of oxazole rings is 1. The maximum Gasteiger partial charge on any atom is 0.181 e. The Morgan fingerprint density at radius 3 is 2.35 bits per heavy atom. The molecule has 132 valence electrons. The molecule has 4 aromatic rings. The Labute approximate surface area is 153 Å². The van der Waals surface area contributed by atoms with Gasteiger partial charge < -0.3 is 4.42 Å². The number of hydrogen-bond donors (Lipinski definition) is 0. The van der Waals surface area contributed by atoms with Crippen molar-refractivity contribution in [3.05, 3.63) is 66.3 Å². The van der Waals surface area contributed by atoms with Crippen LogP contribution in [0.1, 0.15) is 50.7 Å². The monoisotopic (exact) mass is 345 g/mol. The number of para-hydroxylation sites is 1. The van der Waals surface area contributed by atoms with E-state index in [0.717, 1.165) is 22.5 Å². The number of hydrogen-bond acceptors (Lipinski definition) is 3. The molecule has 0 atom stereocenters. The molecule has 2 heterocycles. The first kappa shape index (κ1) is 16.6. The second kappa shape index (κ2) is 6.45. The molecule has 4 nitrogen and oxygen atoms in total. The van der Waals surface area contributed by atoms with Crippen LogP contribution in [0.3, 0.4) is 0 Å². The van der Waals surface area contributed by atoms with E-state index in [9.17, 15) is 0 Å². The van der Waals surface area contributed by atoms with Gasteiger partial charge in [-0.05, 0) is 41.2 Å². The highest BCUT2D eigenvalue weighted by molar-refractivity contribution is 5.78. The Balaban J connectivity index is 1.95. The maximum atomic E-state index is 5.48. The number of benzene rings is 2. The third-order valence-electron chi connectivity index (χ3n) is 4.81. The van der Waals surface area contributed by atoms with E-state index < -0.39 is 0 Å². The summed E-state index contributed by atoms with van der Waals surface area (Å²) in [6.45, 7) is 8.94. The molecular weight excluding hydrogens is 322 g/mol. The van der Waals surface area contributed by atoms with Crippen molar-refractivity contribution in [2.24, 2.45) is 0 Å². The van der Waals surface area contributed by atoms with E-state index in [0.29, 0.717) is 11.8 Å². The van der Waals surface area contributed by atoms with Crippen LogP contribution in [0.5, 0.6) is 0 Å². The Morgan fingerprint density at radius 1 is 0.923 bits per heavy atom. The second-order valence-corrected chi connectivity index (χ2v) is 7.25. The third kappa shape index (κ3) is 2.71. The summed E-state index contributed by atoms with van der Waals surface area (Å²) in [4.78, 5) is 8.86. The molecule has 0 radical (unpaired) electrons. The van der Waals surface area contributed by atoms with Crippen LogP contribution in [-0.4, -0.2) is 14.5 Å². The Morgan fingerprint density at radius 2 is 1.65 bits per heavy atom. The van der Waals surface area contributed by atoms with Gasteiger partial charge in [0.25, 0.3) is 0 Å². The standard InChI is InChI=1S/C22H23N3O/c1-14(2)17-6-5-7-18(15(3)4)21(17)25-11-10-23-22(25)16-8-9-19-20(12-16)26-13-24-19/h5-15H,1-4H3. The molecule has 4 heteroatoms. The fourth-order valence-corrected chi connectivity index (χ4v) is 3.48. The molecule has 0 fully saturated rings. The van der Waals surface area contributed by atoms with Gasteiger partial charge >= 0.3 is 0 Å². The van der Waals surface area contributed by atoms with Crippen molar-refractivity contribution in [1.29, 1.82) is 0 Å². The minimum Gasteiger partial charge on any atom is -0.443 e. The summed E-state index contributed by atoms with van der Waals surface area (Å²) >= 11 is 0. The number of nitrogens with zero attached hydrogens (tertiary/aromatic N) is 3. The highest BCUT2D eigenvalue weighted by Gasteiger charge is 2.18. The fourth-order valence-electron chi connectivity index (χ4n) is 3.48. The fraction of sp³-hybridized carbons (Fsp3) is 0.273. The number of fused-ring (bicyclic) bond motifs is 1. The summed E-state index contributed by atoms with van der Waals surface area (Å²) in [5, 5.41) is 0. The molecule has 0 saturated heterocycles. The van der Waals surface area contributed by atoms with Gasteiger partial charge in [-0.15, -0.1) is 0 Å². The van der Waals surface area contributed by atoms with E-state index in [-0.39, 0.29) is 0 Å². The molecule has 4 rings (SSSR count). The summed E-state index contributed by atoms with van der Waals surface area (Å²) in [6.07, 6.45) is 5.39. The van der Waals surface area contributed by atoms with E-state index >= 15 is 0 Å². The van der Waals surface area contributed by atoms with Crippen LogP contribution in [0.4, 0.5) is 0 Å². The first-order valence-corrected chi connectivity index (χ1v) is 9.06. The maximum absolute atomic E-state index is 5.48. The molecule has 0 aliphatic carbocycles. The first-order chi connectivity index (χ1) is 12.6. The molecule has 0 aliphatic rings. The topological polar surface area (TPSA) is 43.9 Å². The number of aromatic nitrogens is 3. The van der Waals surface area contributed by atoms with Gasteiger partial charge in [0.2, 0.25) is 0 Å². The van der Waals surface area contributed by atoms with E-state index in [1.807, 2.05) is 24.5 Å². The van der Waals surface area contributed by atoms with Crippen LogP contribution < -0.4 is 0 Å². The zero-order valence-electron chi connectivity index (χ0n) is 15.6. The van der Waals surface area contributed by atoms with Crippen molar-refractivity contribution < 1.29 is 4.42 Å². The van der Waals surface area contributed by atoms with Crippen LogP contribution >= 0.6 is 0 Å². The van der Waals surface area contributed by atoms with Gasteiger partial charge in [-0.25, -0.2) is 9.97 Å². The summed E-state index contributed by atoms with van der Waals surface area (Å²) < 4.78 is 7.69. The molecule has 26 heavy (non-hydrogen) atoms.